The van der Waals surface area contributed by atoms with Gasteiger partial charge in [0.2, 0.25) is 5.91 Å². The maximum Gasteiger partial charge on any atom is 0.246 e. The molecule has 0 aliphatic heterocycles. The topological polar surface area (TPSA) is 47.4 Å². The Morgan fingerprint density at radius 3 is 2.59 bits per heavy atom. The molecule has 0 N–H and O–H groups in total. The predicted molar refractivity (Wildman–Crippen MR) is 111 cm³/mol. The van der Waals surface area contributed by atoms with Gasteiger partial charge in [0.25, 0.3) is 0 Å². The number of hydrogen-bond donors (Lipinski definition) is 0. The van der Waals surface area contributed by atoms with Crippen molar-refractivity contribution in [2.45, 2.75) is 20.4 Å². The van der Waals surface area contributed by atoms with Gasteiger partial charge in [-0.2, -0.15) is 5.10 Å². The molecule has 0 spiro atoms. The molecule has 5 nitrogen and oxygen atoms in total. The second kappa shape index (κ2) is 8.73. The highest BCUT2D eigenvalue weighted by molar-refractivity contribution is 5.91. The maximum absolute atomic E-state index is 13.8. The number of benzene rings is 2. The lowest BCUT2D eigenvalue weighted by molar-refractivity contribution is -0.125. The molecular formula is C23H24FN3O2. The number of rotatable bonds is 6. The molecule has 1 amide bonds. The molecule has 1 aromatic heterocycles. The summed E-state index contributed by atoms with van der Waals surface area (Å²) in [6, 6.07) is 14.5. The van der Waals surface area contributed by atoms with Crippen LogP contribution in [0.25, 0.3) is 11.8 Å². The predicted octanol–water partition coefficient (Wildman–Crippen LogP) is 4.31. The average molecular weight is 393 g/mol. The summed E-state index contributed by atoms with van der Waals surface area (Å²) in [7, 11) is 3.15. The first kappa shape index (κ1) is 20.3. The molecule has 0 aliphatic rings. The van der Waals surface area contributed by atoms with Gasteiger partial charge in [0.1, 0.15) is 0 Å². The minimum absolute atomic E-state index is 0.173. The highest BCUT2D eigenvalue weighted by atomic mass is 19.1. The molecule has 1 heterocycles. The molecule has 6 heteroatoms. The fourth-order valence-corrected chi connectivity index (χ4v) is 3.12. The molecular weight excluding hydrogens is 369 g/mol. The van der Waals surface area contributed by atoms with Crippen molar-refractivity contribution in [3.8, 4) is 11.4 Å². The second-order valence-corrected chi connectivity index (χ2v) is 6.82. The van der Waals surface area contributed by atoms with Crippen LogP contribution in [0.15, 0.2) is 54.6 Å². The summed E-state index contributed by atoms with van der Waals surface area (Å²) < 4.78 is 20.6. The molecule has 0 bridgehead atoms. The molecule has 3 rings (SSSR count). The van der Waals surface area contributed by atoms with Crippen LogP contribution in [-0.2, 0) is 11.3 Å². The van der Waals surface area contributed by atoms with Crippen LogP contribution in [0.5, 0.6) is 5.75 Å². The molecule has 150 valence electrons. The molecule has 0 saturated heterocycles. The van der Waals surface area contributed by atoms with Gasteiger partial charge in [0.15, 0.2) is 11.6 Å². The zero-order valence-electron chi connectivity index (χ0n) is 17.0. The molecule has 0 saturated carbocycles. The van der Waals surface area contributed by atoms with Crippen molar-refractivity contribution in [3.63, 3.8) is 0 Å². The summed E-state index contributed by atoms with van der Waals surface area (Å²) in [5.74, 6) is -0.463. The van der Waals surface area contributed by atoms with E-state index < -0.39 is 5.82 Å². The summed E-state index contributed by atoms with van der Waals surface area (Å²) in [5.41, 5.74) is 4.46. The fourth-order valence-electron chi connectivity index (χ4n) is 3.12. The minimum atomic E-state index is -0.463. The van der Waals surface area contributed by atoms with Crippen molar-refractivity contribution in [2.24, 2.45) is 0 Å². The third kappa shape index (κ3) is 4.54. The van der Waals surface area contributed by atoms with Gasteiger partial charge in [0, 0.05) is 30.9 Å². The maximum atomic E-state index is 13.8. The van der Waals surface area contributed by atoms with E-state index in [1.54, 1.807) is 24.1 Å². The number of nitrogens with zero attached hydrogens (tertiary/aromatic N) is 3. The van der Waals surface area contributed by atoms with Crippen LogP contribution in [0.1, 0.15) is 22.5 Å². The zero-order valence-corrected chi connectivity index (χ0v) is 17.0. The number of aromatic nitrogens is 2. The Morgan fingerprint density at radius 1 is 1.21 bits per heavy atom. The van der Waals surface area contributed by atoms with E-state index in [2.05, 4.69) is 5.10 Å². The molecule has 29 heavy (non-hydrogen) atoms. The molecule has 0 radical (unpaired) electrons. The number of amides is 1. The van der Waals surface area contributed by atoms with E-state index in [0.717, 1.165) is 22.6 Å². The zero-order chi connectivity index (χ0) is 21.0. The SMILES string of the molecule is COc1ccc(/C=C/C(=O)N(C)Cc2c(C)nn(-c3ccccc3)c2C)cc1F. The molecule has 0 unspecified atom stereocenters. The van der Waals surface area contributed by atoms with E-state index >= 15 is 0 Å². The number of halogens is 1. The first-order chi connectivity index (χ1) is 13.9. The Labute approximate surface area is 170 Å². The van der Waals surface area contributed by atoms with Gasteiger partial charge in [-0.05, 0) is 49.8 Å². The Bertz CT molecular complexity index is 1040. The third-order valence-corrected chi connectivity index (χ3v) is 4.81. The number of para-hydroxylation sites is 1. The van der Waals surface area contributed by atoms with Gasteiger partial charge in [-0.15, -0.1) is 0 Å². The monoisotopic (exact) mass is 393 g/mol. The van der Waals surface area contributed by atoms with E-state index in [9.17, 15) is 9.18 Å². The normalized spacial score (nSPS) is 11.1. The fraction of sp³-hybridized carbons (Fsp3) is 0.217. The molecule has 0 fully saturated rings. The highest BCUT2D eigenvalue weighted by Crippen LogP contribution is 2.20. The van der Waals surface area contributed by atoms with Gasteiger partial charge in [0.05, 0.1) is 18.5 Å². The van der Waals surface area contributed by atoms with E-state index in [0.29, 0.717) is 12.1 Å². The van der Waals surface area contributed by atoms with Crippen LogP contribution < -0.4 is 4.74 Å². The molecule has 2 aromatic carbocycles. The molecule has 0 aliphatic carbocycles. The molecule has 3 aromatic rings. The second-order valence-electron chi connectivity index (χ2n) is 6.82. The van der Waals surface area contributed by atoms with Crippen LogP contribution >= 0.6 is 0 Å². The number of likely N-dealkylation sites (N-methyl/N-ethyl adjacent to an activating group) is 1. The van der Waals surface area contributed by atoms with Crippen molar-refractivity contribution < 1.29 is 13.9 Å². The van der Waals surface area contributed by atoms with Gasteiger partial charge in [-0.3, -0.25) is 4.79 Å². The summed E-state index contributed by atoms with van der Waals surface area (Å²) in [4.78, 5) is 14.1. The van der Waals surface area contributed by atoms with Crippen molar-refractivity contribution >= 4 is 12.0 Å². The summed E-state index contributed by atoms with van der Waals surface area (Å²) in [5, 5.41) is 4.62. The van der Waals surface area contributed by atoms with Crippen LogP contribution in [0.2, 0.25) is 0 Å². The van der Waals surface area contributed by atoms with Crippen LogP contribution in [0, 0.1) is 19.7 Å². The first-order valence-corrected chi connectivity index (χ1v) is 9.28. The van der Waals surface area contributed by atoms with Crippen LogP contribution in [-0.4, -0.2) is 34.7 Å². The summed E-state index contributed by atoms with van der Waals surface area (Å²) >= 11 is 0. The smallest absolute Gasteiger partial charge is 0.246 e. The van der Waals surface area contributed by atoms with E-state index in [-0.39, 0.29) is 11.7 Å². The Morgan fingerprint density at radius 2 is 1.93 bits per heavy atom. The Hall–Kier alpha value is -3.41. The van der Waals surface area contributed by atoms with Gasteiger partial charge < -0.3 is 9.64 Å². The Balaban J connectivity index is 1.73. The van der Waals surface area contributed by atoms with E-state index in [1.807, 2.05) is 48.9 Å². The number of ether oxygens (including phenoxy) is 1. The quantitative estimate of drug-likeness (QED) is 0.587. The average Bonchev–Trinajstić information content (AvgIpc) is 3.01. The Kier molecular flexibility index (Phi) is 6.12. The van der Waals surface area contributed by atoms with Crippen molar-refractivity contribution in [3.05, 3.63) is 82.9 Å². The molecule has 0 atom stereocenters. The van der Waals surface area contributed by atoms with Crippen molar-refractivity contribution in [1.82, 2.24) is 14.7 Å². The van der Waals surface area contributed by atoms with Gasteiger partial charge >= 0.3 is 0 Å². The summed E-state index contributed by atoms with van der Waals surface area (Å²) in [6.45, 7) is 4.37. The summed E-state index contributed by atoms with van der Waals surface area (Å²) in [6.07, 6.45) is 3.03. The minimum Gasteiger partial charge on any atom is -0.494 e. The first-order valence-electron chi connectivity index (χ1n) is 9.28. The largest absolute Gasteiger partial charge is 0.494 e. The standard InChI is InChI=1S/C23H24FN3O2/c1-16-20(17(2)27(25-16)19-8-6-5-7-9-19)15-26(3)23(28)13-11-18-10-12-22(29-4)21(24)14-18/h5-14H,15H2,1-4H3/b13-11+. The van der Waals surface area contributed by atoms with Crippen LogP contribution in [0.4, 0.5) is 4.39 Å². The van der Waals surface area contributed by atoms with Crippen molar-refractivity contribution in [1.29, 1.82) is 0 Å². The lowest BCUT2D eigenvalue weighted by Gasteiger charge is -2.15. The van der Waals surface area contributed by atoms with E-state index in [4.69, 9.17) is 4.74 Å². The number of carbonyl (C=O) groups excluding carboxylic acids is 1. The lowest BCUT2D eigenvalue weighted by Crippen LogP contribution is -2.24. The highest BCUT2D eigenvalue weighted by Gasteiger charge is 2.16. The van der Waals surface area contributed by atoms with Crippen molar-refractivity contribution in [2.75, 3.05) is 14.2 Å². The number of hydrogen-bond acceptors (Lipinski definition) is 3. The lowest BCUT2D eigenvalue weighted by atomic mass is 10.1. The number of aryl methyl sites for hydroxylation is 1. The number of methoxy groups -OCH3 is 1. The van der Waals surface area contributed by atoms with Gasteiger partial charge in [-0.25, -0.2) is 9.07 Å². The van der Waals surface area contributed by atoms with E-state index in [1.165, 1.54) is 25.3 Å². The number of carbonyl (C=O) groups is 1. The third-order valence-electron chi connectivity index (χ3n) is 4.81. The van der Waals surface area contributed by atoms with Gasteiger partial charge in [-0.1, -0.05) is 24.3 Å². The van der Waals surface area contributed by atoms with Crippen LogP contribution in [0.3, 0.4) is 0 Å².